The van der Waals surface area contributed by atoms with Crippen LogP contribution in [-0.4, -0.2) is 221 Å². The Hall–Kier alpha value is -5.60. The Bertz CT molecular complexity index is 2650. The standard InChI is InChI=1S/C81H151N11O14/c1-21-25-28-30-33-84-69(97)50-60(65(93)58-77(5,6)53-62(74(102)89-38-44-92(18)42-36-83-16)48-67(95)80(11,12)56-64(76(104)87-32-27-23-3)52-71(99)85-37-43-91(17)41-35-82-15)54-78(7,8)68(96)49-63(75(103)88-34-31-29-26-22-2)57-81(13,14)72(100)61(51-70(98)86-39-45-105-19)55-79(9,10)66(94)47-59(24-4)73(101)90-40-46-106-20/h59-64,82-83H,21-58H2,1-20H3,(H,84,97)(H,85,99)(H,86,98)(H,87,104)(H,88,103)(H,89,102)(H,90,101). The summed E-state index contributed by atoms with van der Waals surface area (Å²) in [5, 5.41) is 26.9. The molecule has 106 heavy (non-hydrogen) atoms. The minimum Gasteiger partial charge on any atom is -0.383 e. The van der Waals surface area contributed by atoms with Gasteiger partial charge in [0.05, 0.1) is 13.2 Å². The maximum Gasteiger partial charge on any atom is 0.223 e. The van der Waals surface area contributed by atoms with Crippen molar-refractivity contribution in [3.05, 3.63) is 0 Å². The third-order valence-electron chi connectivity index (χ3n) is 20.6. The van der Waals surface area contributed by atoms with Crippen molar-refractivity contribution in [2.45, 2.75) is 245 Å². The van der Waals surface area contributed by atoms with Crippen molar-refractivity contribution in [1.29, 1.82) is 0 Å². The van der Waals surface area contributed by atoms with E-state index in [1.54, 1.807) is 55.4 Å². The van der Waals surface area contributed by atoms with Gasteiger partial charge in [-0.05, 0) is 91.4 Å². The molecule has 6 unspecified atom stereocenters. The summed E-state index contributed by atoms with van der Waals surface area (Å²) in [5.41, 5.74) is -6.04. The van der Waals surface area contributed by atoms with Crippen LogP contribution in [-0.2, 0) is 67.0 Å². The van der Waals surface area contributed by atoms with Gasteiger partial charge in [0.2, 0.25) is 41.4 Å². The minimum absolute atomic E-state index is 0.0296. The van der Waals surface area contributed by atoms with Gasteiger partial charge in [-0.15, -0.1) is 0 Å². The van der Waals surface area contributed by atoms with Gasteiger partial charge in [0.25, 0.3) is 0 Å². The van der Waals surface area contributed by atoms with Crippen LogP contribution in [0.15, 0.2) is 0 Å². The minimum atomic E-state index is -1.36. The number of unbranched alkanes of at least 4 members (excludes halogenated alkanes) is 7. The van der Waals surface area contributed by atoms with E-state index in [1.165, 1.54) is 14.2 Å². The second-order valence-corrected chi connectivity index (χ2v) is 33.3. The SMILES string of the molecule is CCCCCCNC(=O)CC(CC(C)(C)C(=O)CC(CC(C)(C)C(=O)C(CC(=O)NCCOC)CC(C)(C)C(=O)CC(CC)C(=O)NCCOC)C(=O)NCCCCCC)C(=O)CC(C)(C)CC(CC(=O)C(C)(C)CC(CC(=O)NCCN(C)CCNC)C(=O)NCCCC)C(=O)NCCN(C)CCNC. The Labute approximate surface area is 640 Å². The number of nitrogens with zero attached hydrogens (tertiary/aromatic N) is 2. The molecular formula is C81H151N11O14. The Morgan fingerprint density at radius 2 is 0.660 bits per heavy atom. The number of carbonyl (C=O) groups excluding carboxylic acids is 12. The highest BCUT2D eigenvalue weighted by Crippen LogP contribution is 2.42. The molecule has 25 nitrogen and oxygen atoms in total. The third-order valence-corrected chi connectivity index (χ3v) is 20.6. The number of likely N-dealkylation sites (N-methyl/N-ethyl adjacent to an activating group) is 4. The molecule has 0 radical (unpaired) electrons. The molecule has 614 valence electrons. The number of hydrogen-bond acceptors (Lipinski definition) is 18. The maximum absolute atomic E-state index is 15.3. The zero-order valence-corrected chi connectivity index (χ0v) is 69.9. The largest absolute Gasteiger partial charge is 0.383 e. The van der Waals surface area contributed by atoms with E-state index in [1.807, 2.05) is 55.9 Å². The fourth-order valence-corrected chi connectivity index (χ4v) is 13.6. The number of methoxy groups -OCH3 is 2. The topological polar surface area (TPSA) is 338 Å². The van der Waals surface area contributed by atoms with Crippen molar-refractivity contribution in [2.24, 2.45) is 62.6 Å². The number of Topliss-reactive ketones (excluding diaryl/α,β-unsaturated/α-hetero) is 5. The fourth-order valence-electron chi connectivity index (χ4n) is 13.6. The summed E-state index contributed by atoms with van der Waals surface area (Å²) in [5.74, 6) is -9.78. The molecule has 0 saturated carbocycles. The fraction of sp³-hybridized carbons (Fsp3) is 0.852. The van der Waals surface area contributed by atoms with Crippen LogP contribution in [0.2, 0.25) is 0 Å². The molecule has 0 aliphatic carbocycles. The second-order valence-electron chi connectivity index (χ2n) is 33.3. The first-order valence-electron chi connectivity index (χ1n) is 40.0. The lowest BCUT2D eigenvalue weighted by Crippen LogP contribution is -2.43. The molecule has 0 spiro atoms. The van der Waals surface area contributed by atoms with Gasteiger partial charge in [0, 0.05) is 201 Å². The zero-order valence-electron chi connectivity index (χ0n) is 69.9. The van der Waals surface area contributed by atoms with E-state index in [4.69, 9.17) is 9.47 Å². The summed E-state index contributed by atoms with van der Waals surface area (Å²) in [6, 6.07) is 0. The van der Waals surface area contributed by atoms with Crippen molar-refractivity contribution in [3.8, 4) is 0 Å². The van der Waals surface area contributed by atoms with Crippen molar-refractivity contribution >= 4 is 70.3 Å². The number of amides is 7. The lowest BCUT2D eigenvalue weighted by atomic mass is 9.67. The van der Waals surface area contributed by atoms with Crippen molar-refractivity contribution in [1.82, 2.24) is 57.7 Å². The molecule has 0 saturated heterocycles. The van der Waals surface area contributed by atoms with Crippen LogP contribution in [0.4, 0.5) is 0 Å². The van der Waals surface area contributed by atoms with Crippen LogP contribution in [0.1, 0.15) is 245 Å². The lowest BCUT2D eigenvalue weighted by molar-refractivity contribution is -0.141. The van der Waals surface area contributed by atoms with E-state index in [2.05, 4.69) is 71.5 Å². The summed E-state index contributed by atoms with van der Waals surface area (Å²) in [4.78, 5) is 177. The number of rotatable bonds is 66. The Morgan fingerprint density at radius 1 is 0.340 bits per heavy atom. The average molecular weight is 1500 g/mol. The number of ether oxygens (including phenoxy) is 2. The molecule has 0 heterocycles. The van der Waals surface area contributed by atoms with Crippen LogP contribution >= 0.6 is 0 Å². The van der Waals surface area contributed by atoms with Crippen LogP contribution in [0.25, 0.3) is 0 Å². The summed E-state index contributed by atoms with van der Waals surface area (Å²) >= 11 is 0. The molecule has 25 heteroatoms. The maximum atomic E-state index is 15.3. The van der Waals surface area contributed by atoms with Gasteiger partial charge < -0.3 is 67.1 Å². The zero-order chi connectivity index (χ0) is 80.7. The van der Waals surface area contributed by atoms with Gasteiger partial charge in [-0.25, -0.2) is 0 Å². The van der Waals surface area contributed by atoms with Crippen molar-refractivity contribution in [2.75, 3.05) is 141 Å². The van der Waals surface area contributed by atoms with E-state index < -0.39 is 74.4 Å². The van der Waals surface area contributed by atoms with Crippen molar-refractivity contribution < 1.29 is 67.0 Å². The first-order valence-corrected chi connectivity index (χ1v) is 40.0. The molecule has 0 aromatic heterocycles. The first kappa shape index (κ1) is 100. The molecule has 9 N–H and O–H groups in total. The number of carbonyl (C=O) groups is 12. The average Bonchev–Trinajstić information content (AvgIpc) is 0.808. The molecule has 6 atom stereocenters. The Balaban J connectivity index is 7.70. The molecule has 0 aromatic rings. The smallest absolute Gasteiger partial charge is 0.223 e. The van der Waals surface area contributed by atoms with Gasteiger partial charge in [-0.2, -0.15) is 0 Å². The number of hydrogen-bond donors (Lipinski definition) is 9. The van der Waals surface area contributed by atoms with E-state index >= 15 is 14.4 Å². The molecular weight excluding hydrogens is 1350 g/mol. The first-order chi connectivity index (χ1) is 49.8. The normalized spacial score (nSPS) is 13.9. The summed E-state index contributed by atoms with van der Waals surface area (Å²) in [7, 11) is 10.7. The number of ketones is 5. The quantitative estimate of drug-likeness (QED) is 0.0259. The van der Waals surface area contributed by atoms with Crippen molar-refractivity contribution in [3.63, 3.8) is 0 Å². The van der Waals surface area contributed by atoms with Crippen LogP contribution in [0.5, 0.6) is 0 Å². The molecule has 7 amide bonds. The van der Waals surface area contributed by atoms with Crippen LogP contribution < -0.4 is 47.9 Å². The molecule has 0 aromatic carbocycles. The van der Waals surface area contributed by atoms with E-state index in [9.17, 15) is 43.2 Å². The van der Waals surface area contributed by atoms with Gasteiger partial charge >= 0.3 is 0 Å². The van der Waals surface area contributed by atoms with Gasteiger partial charge in [0.15, 0.2) is 0 Å². The lowest BCUT2D eigenvalue weighted by Gasteiger charge is -2.36. The highest BCUT2D eigenvalue weighted by atomic mass is 16.5. The molecule has 0 aliphatic heterocycles. The second kappa shape index (κ2) is 54.1. The van der Waals surface area contributed by atoms with Gasteiger partial charge in [-0.3, -0.25) is 57.5 Å². The van der Waals surface area contributed by atoms with Gasteiger partial charge in [0.1, 0.15) is 28.9 Å². The third kappa shape index (κ3) is 43.0. The monoisotopic (exact) mass is 1500 g/mol. The van der Waals surface area contributed by atoms with Crippen LogP contribution in [0, 0.1) is 62.6 Å². The predicted octanol–water partition coefficient (Wildman–Crippen LogP) is 8.12. The molecule has 0 aliphatic rings. The molecule has 0 fully saturated rings. The van der Waals surface area contributed by atoms with E-state index in [0.29, 0.717) is 58.7 Å². The highest BCUT2D eigenvalue weighted by molar-refractivity contribution is 5.96. The summed E-state index contributed by atoms with van der Waals surface area (Å²) < 4.78 is 10.3. The summed E-state index contributed by atoms with van der Waals surface area (Å²) in [6.45, 7) is 32.2. The van der Waals surface area contributed by atoms with Crippen LogP contribution in [0.3, 0.4) is 0 Å². The molecule has 0 rings (SSSR count). The number of nitrogens with one attached hydrogen (secondary N) is 9. The molecule has 0 bridgehead atoms. The summed E-state index contributed by atoms with van der Waals surface area (Å²) in [6.07, 6.45) is 7.36. The van der Waals surface area contributed by atoms with E-state index in [-0.39, 0.29) is 162 Å². The van der Waals surface area contributed by atoms with Gasteiger partial charge in [-0.1, -0.05) is 142 Å². The Kier molecular flexibility index (Phi) is 51.2. The van der Waals surface area contributed by atoms with E-state index in [0.717, 1.165) is 84.0 Å². The highest BCUT2D eigenvalue weighted by Gasteiger charge is 2.46. The Morgan fingerprint density at radius 3 is 1.11 bits per heavy atom. The predicted molar refractivity (Wildman–Crippen MR) is 421 cm³/mol.